The van der Waals surface area contributed by atoms with Crippen molar-refractivity contribution in [2.75, 3.05) is 0 Å². The standard InChI is InChI=1S/C13H7F2NO4/c14-8-4-5-11(12(15)6-8)13(17)20-10-3-1-2-9(7-10)16(18)19/h1-7H. The van der Waals surface area contributed by atoms with Gasteiger partial charge in [-0.15, -0.1) is 0 Å². The first-order chi connectivity index (χ1) is 9.47. The third kappa shape index (κ3) is 2.94. The van der Waals surface area contributed by atoms with E-state index in [0.29, 0.717) is 6.07 Å². The Balaban J connectivity index is 2.23. The van der Waals surface area contributed by atoms with Crippen molar-refractivity contribution in [1.29, 1.82) is 0 Å². The quantitative estimate of drug-likeness (QED) is 0.374. The van der Waals surface area contributed by atoms with Crippen molar-refractivity contribution in [2.24, 2.45) is 0 Å². The fourth-order valence-electron chi connectivity index (χ4n) is 1.48. The number of ether oxygens (including phenoxy) is 1. The van der Waals surface area contributed by atoms with Crippen molar-refractivity contribution in [3.63, 3.8) is 0 Å². The van der Waals surface area contributed by atoms with E-state index in [-0.39, 0.29) is 11.4 Å². The Morgan fingerprint density at radius 3 is 2.55 bits per heavy atom. The number of hydrogen-bond acceptors (Lipinski definition) is 4. The average Bonchev–Trinajstić information content (AvgIpc) is 2.38. The molecule has 0 aliphatic carbocycles. The van der Waals surface area contributed by atoms with E-state index in [4.69, 9.17) is 4.74 Å². The SMILES string of the molecule is O=C(Oc1cccc([N+](=O)[O-])c1)c1ccc(F)cc1F. The predicted molar refractivity (Wildman–Crippen MR) is 64.4 cm³/mol. The summed E-state index contributed by atoms with van der Waals surface area (Å²) in [7, 11) is 0. The lowest BCUT2D eigenvalue weighted by molar-refractivity contribution is -0.384. The molecule has 0 aliphatic rings. The van der Waals surface area contributed by atoms with Gasteiger partial charge in [-0.1, -0.05) is 6.07 Å². The maximum atomic E-state index is 13.4. The number of carbonyl (C=O) groups excluding carboxylic acids is 1. The van der Waals surface area contributed by atoms with Gasteiger partial charge < -0.3 is 4.74 Å². The topological polar surface area (TPSA) is 69.4 Å². The number of carbonyl (C=O) groups is 1. The van der Waals surface area contributed by atoms with E-state index in [2.05, 4.69) is 0 Å². The molecule has 0 heterocycles. The summed E-state index contributed by atoms with van der Waals surface area (Å²) in [4.78, 5) is 21.6. The number of benzene rings is 2. The van der Waals surface area contributed by atoms with E-state index < -0.39 is 28.1 Å². The van der Waals surface area contributed by atoms with Gasteiger partial charge in [-0.05, 0) is 18.2 Å². The van der Waals surface area contributed by atoms with Crippen LogP contribution >= 0.6 is 0 Å². The third-order valence-corrected chi connectivity index (χ3v) is 2.39. The maximum Gasteiger partial charge on any atom is 0.346 e. The van der Waals surface area contributed by atoms with Crippen molar-refractivity contribution >= 4 is 11.7 Å². The number of nitro benzene ring substituents is 1. The van der Waals surface area contributed by atoms with E-state index in [1.165, 1.54) is 18.2 Å². The van der Waals surface area contributed by atoms with Gasteiger partial charge >= 0.3 is 5.97 Å². The summed E-state index contributed by atoms with van der Waals surface area (Å²) in [6.45, 7) is 0. The van der Waals surface area contributed by atoms with E-state index >= 15 is 0 Å². The van der Waals surface area contributed by atoms with Crippen LogP contribution in [0, 0.1) is 21.7 Å². The van der Waals surface area contributed by atoms with E-state index in [0.717, 1.165) is 18.2 Å². The van der Waals surface area contributed by atoms with Crippen molar-refractivity contribution < 1.29 is 23.2 Å². The van der Waals surface area contributed by atoms with Crippen molar-refractivity contribution in [1.82, 2.24) is 0 Å². The number of non-ortho nitro benzene ring substituents is 1. The highest BCUT2D eigenvalue weighted by Crippen LogP contribution is 2.21. The molecule has 0 unspecified atom stereocenters. The lowest BCUT2D eigenvalue weighted by Crippen LogP contribution is -2.11. The summed E-state index contributed by atoms with van der Waals surface area (Å²) in [5.41, 5.74) is -0.729. The molecule has 0 spiro atoms. The van der Waals surface area contributed by atoms with Gasteiger partial charge in [0.25, 0.3) is 5.69 Å². The van der Waals surface area contributed by atoms with Crippen LogP contribution in [0.5, 0.6) is 5.75 Å². The molecule has 7 heteroatoms. The monoisotopic (exact) mass is 279 g/mol. The van der Waals surface area contributed by atoms with Gasteiger partial charge in [0.15, 0.2) is 0 Å². The highest BCUT2D eigenvalue weighted by molar-refractivity contribution is 5.91. The molecule has 0 bridgehead atoms. The van der Waals surface area contributed by atoms with Crippen LogP contribution in [0.1, 0.15) is 10.4 Å². The molecule has 2 rings (SSSR count). The van der Waals surface area contributed by atoms with Crippen LogP contribution in [0.3, 0.4) is 0 Å². The highest BCUT2D eigenvalue weighted by Gasteiger charge is 2.16. The Kier molecular flexibility index (Phi) is 3.69. The summed E-state index contributed by atoms with van der Waals surface area (Å²) >= 11 is 0. The molecule has 0 atom stereocenters. The fourth-order valence-corrected chi connectivity index (χ4v) is 1.48. The summed E-state index contributed by atoms with van der Waals surface area (Å²) in [6, 6.07) is 7.27. The van der Waals surface area contributed by atoms with Crippen LogP contribution < -0.4 is 4.74 Å². The Labute approximate surface area is 111 Å². The molecule has 20 heavy (non-hydrogen) atoms. The molecule has 2 aromatic carbocycles. The molecule has 0 radical (unpaired) electrons. The number of nitrogens with zero attached hydrogens (tertiary/aromatic N) is 1. The number of halogens is 2. The first kappa shape index (κ1) is 13.6. The third-order valence-electron chi connectivity index (χ3n) is 2.39. The minimum absolute atomic E-state index is 0.104. The molecule has 0 fully saturated rings. The second-order valence-corrected chi connectivity index (χ2v) is 3.77. The highest BCUT2D eigenvalue weighted by atomic mass is 19.1. The van der Waals surface area contributed by atoms with Gasteiger partial charge in [0.1, 0.15) is 17.4 Å². The van der Waals surface area contributed by atoms with Crippen molar-refractivity contribution in [2.45, 2.75) is 0 Å². The van der Waals surface area contributed by atoms with Gasteiger partial charge in [-0.25, -0.2) is 13.6 Å². The zero-order chi connectivity index (χ0) is 14.7. The number of esters is 1. The molecule has 0 aromatic heterocycles. The number of rotatable bonds is 3. The fraction of sp³-hybridized carbons (Fsp3) is 0. The van der Waals surface area contributed by atoms with Gasteiger partial charge in [0.05, 0.1) is 16.6 Å². The van der Waals surface area contributed by atoms with E-state index in [1.807, 2.05) is 0 Å². The van der Waals surface area contributed by atoms with E-state index in [1.54, 1.807) is 0 Å². The summed E-state index contributed by atoms with van der Waals surface area (Å²) in [6.07, 6.45) is 0. The zero-order valence-electron chi connectivity index (χ0n) is 9.88. The predicted octanol–water partition coefficient (Wildman–Crippen LogP) is 3.09. The molecule has 0 saturated carbocycles. The van der Waals surface area contributed by atoms with Crippen LogP contribution in [0.15, 0.2) is 42.5 Å². The number of hydrogen-bond donors (Lipinski definition) is 0. The molecule has 5 nitrogen and oxygen atoms in total. The Bertz CT molecular complexity index is 688. The first-order valence-electron chi connectivity index (χ1n) is 5.39. The first-order valence-corrected chi connectivity index (χ1v) is 5.39. The lowest BCUT2D eigenvalue weighted by atomic mass is 10.2. The minimum atomic E-state index is -1.07. The van der Waals surface area contributed by atoms with Gasteiger partial charge in [0.2, 0.25) is 0 Å². The molecule has 0 amide bonds. The average molecular weight is 279 g/mol. The summed E-state index contributed by atoms with van der Waals surface area (Å²) in [5.74, 6) is -3.06. The van der Waals surface area contributed by atoms with Crippen LogP contribution in [0.2, 0.25) is 0 Å². The summed E-state index contributed by atoms with van der Waals surface area (Å²) in [5, 5.41) is 10.6. The Morgan fingerprint density at radius 1 is 1.15 bits per heavy atom. The second kappa shape index (κ2) is 5.43. The lowest BCUT2D eigenvalue weighted by Gasteiger charge is -2.05. The molecular weight excluding hydrogens is 272 g/mol. The molecule has 0 aliphatic heterocycles. The van der Waals surface area contributed by atoms with Crippen LogP contribution in [0.25, 0.3) is 0 Å². The van der Waals surface area contributed by atoms with Crippen molar-refractivity contribution in [3.8, 4) is 5.75 Å². The molecule has 2 aromatic rings. The largest absolute Gasteiger partial charge is 0.423 e. The minimum Gasteiger partial charge on any atom is -0.423 e. The normalized spacial score (nSPS) is 10.1. The van der Waals surface area contributed by atoms with Gasteiger partial charge in [0, 0.05) is 12.1 Å². The van der Waals surface area contributed by atoms with Gasteiger partial charge in [-0.3, -0.25) is 10.1 Å². The van der Waals surface area contributed by atoms with Crippen LogP contribution in [-0.4, -0.2) is 10.9 Å². The van der Waals surface area contributed by atoms with Gasteiger partial charge in [-0.2, -0.15) is 0 Å². The van der Waals surface area contributed by atoms with Crippen LogP contribution in [0.4, 0.5) is 14.5 Å². The van der Waals surface area contributed by atoms with Crippen molar-refractivity contribution in [3.05, 3.63) is 69.8 Å². The second-order valence-electron chi connectivity index (χ2n) is 3.77. The summed E-state index contributed by atoms with van der Waals surface area (Å²) < 4.78 is 30.9. The molecular formula is C13H7F2NO4. The smallest absolute Gasteiger partial charge is 0.346 e. The molecule has 0 N–H and O–H groups in total. The zero-order valence-corrected chi connectivity index (χ0v) is 9.88. The molecule has 102 valence electrons. The maximum absolute atomic E-state index is 13.4. The van der Waals surface area contributed by atoms with E-state index in [9.17, 15) is 23.7 Å². The Morgan fingerprint density at radius 2 is 1.90 bits per heavy atom. The number of nitro groups is 1. The molecule has 0 saturated heterocycles. The Hall–Kier alpha value is -2.83. The van der Waals surface area contributed by atoms with Crippen LogP contribution in [-0.2, 0) is 0 Å².